The Balaban J connectivity index is 1.30. The number of carbonyl (C=O) groups is 2. The molecule has 2 aromatic heterocycles. The lowest BCUT2D eigenvalue weighted by Gasteiger charge is -2.39. The maximum absolute atomic E-state index is 13.2. The minimum atomic E-state index is -0.527. The van der Waals surface area contributed by atoms with Crippen molar-refractivity contribution in [2.75, 3.05) is 18.0 Å². The molecule has 0 saturated carbocycles. The zero-order chi connectivity index (χ0) is 22.6. The second kappa shape index (κ2) is 7.45. The van der Waals surface area contributed by atoms with E-state index in [0.717, 1.165) is 23.2 Å². The number of anilines is 1. The van der Waals surface area contributed by atoms with Gasteiger partial charge in [0.05, 0.1) is 29.2 Å². The van der Waals surface area contributed by atoms with Crippen molar-refractivity contribution < 1.29 is 9.59 Å². The Labute approximate surface area is 191 Å². The molecule has 8 heteroatoms. The van der Waals surface area contributed by atoms with Crippen molar-refractivity contribution in [3.05, 3.63) is 76.3 Å². The number of fused-ring (bicyclic) bond motifs is 1. The Bertz CT molecular complexity index is 1230. The van der Waals surface area contributed by atoms with Gasteiger partial charge in [-0.1, -0.05) is 11.6 Å². The highest BCUT2D eigenvalue weighted by atomic mass is 35.5. The van der Waals surface area contributed by atoms with Crippen LogP contribution in [0.25, 0.3) is 0 Å². The van der Waals surface area contributed by atoms with E-state index in [1.807, 2.05) is 37.1 Å². The number of aryl methyl sites for hydroxylation is 1. The highest BCUT2D eigenvalue weighted by Gasteiger charge is 2.44. The van der Waals surface area contributed by atoms with E-state index in [2.05, 4.69) is 10.1 Å². The van der Waals surface area contributed by atoms with E-state index in [-0.39, 0.29) is 11.8 Å². The van der Waals surface area contributed by atoms with E-state index in [1.165, 1.54) is 0 Å². The summed E-state index contributed by atoms with van der Waals surface area (Å²) in [5, 5.41) is 4.69. The van der Waals surface area contributed by atoms with Crippen LogP contribution in [0.3, 0.4) is 0 Å². The molecule has 164 valence electrons. The SMILES string of the molecule is Cn1cc(C(=O)N2CC(Cc3cncc(N4C(=O)c5ccc(Cl)cc5C4(C)C)c3)C2)cn1. The number of nitrogens with zero attached hydrogens (tertiary/aromatic N) is 5. The monoisotopic (exact) mass is 449 g/mol. The Morgan fingerprint density at radius 2 is 1.97 bits per heavy atom. The molecule has 3 aromatic rings. The van der Waals surface area contributed by atoms with Crippen LogP contribution in [-0.2, 0) is 19.0 Å². The smallest absolute Gasteiger partial charge is 0.259 e. The number of pyridine rings is 1. The molecule has 0 aliphatic carbocycles. The molecule has 2 aliphatic heterocycles. The highest BCUT2D eigenvalue weighted by molar-refractivity contribution is 6.31. The van der Waals surface area contributed by atoms with Crippen molar-refractivity contribution in [3.63, 3.8) is 0 Å². The molecule has 0 spiro atoms. The maximum Gasteiger partial charge on any atom is 0.259 e. The number of aromatic nitrogens is 3. The Morgan fingerprint density at radius 3 is 2.69 bits per heavy atom. The van der Waals surface area contributed by atoms with E-state index in [4.69, 9.17) is 11.6 Å². The number of carbonyl (C=O) groups excluding carboxylic acids is 2. The summed E-state index contributed by atoms with van der Waals surface area (Å²) in [5.74, 6) is 0.338. The molecule has 2 aliphatic rings. The van der Waals surface area contributed by atoms with Crippen molar-refractivity contribution in [3.8, 4) is 0 Å². The Hall–Kier alpha value is -3.19. The van der Waals surface area contributed by atoms with Crippen molar-refractivity contribution in [2.45, 2.75) is 25.8 Å². The van der Waals surface area contributed by atoms with E-state index < -0.39 is 5.54 Å². The molecule has 32 heavy (non-hydrogen) atoms. The summed E-state index contributed by atoms with van der Waals surface area (Å²) in [5.41, 5.74) is 3.51. The van der Waals surface area contributed by atoms with E-state index in [9.17, 15) is 9.59 Å². The summed E-state index contributed by atoms with van der Waals surface area (Å²) in [6, 6.07) is 7.45. The molecular weight excluding hydrogens is 426 g/mol. The second-order valence-corrected chi connectivity index (χ2v) is 9.56. The number of hydrogen-bond acceptors (Lipinski definition) is 4. The van der Waals surface area contributed by atoms with Crippen LogP contribution in [0.1, 0.15) is 45.7 Å². The van der Waals surface area contributed by atoms with Crippen molar-refractivity contribution in [1.82, 2.24) is 19.7 Å². The van der Waals surface area contributed by atoms with Crippen LogP contribution in [0.2, 0.25) is 5.02 Å². The number of halogens is 1. The predicted molar refractivity (Wildman–Crippen MR) is 122 cm³/mol. The first kappa shape index (κ1) is 20.7. The van der Waals surface area contributed by atoms with Gasteiger partial charge in [-0.2, -0.15) is 5.10 Å². The summed E-state index contributed by atoms with van der Waals surface area (Å²) in [6.45, 7) is 5.45. The molecular formula is C24H24ClN5O2. The fourth-order valence-electron chi connectivity index (χ4n) is 4.76. The van der Waals surface area contributed by atoms with E-state index >= 15 is 0 Å². The van der Waals surface area contributed by atoms with E-state index in [1.54, 1.807) is 47.4 Å². The molecule has 0 N–H and O–H groups in total. The Morgan fingerprint density at radius 1 is 1.19 bits per heavy atom. The first-order valence-electron chi connectivity index (χ1n) is 10.6. The number of hydrogen-bond donors (Lipinski definition) is 0. The van der Waals surface area contributed by atoms with Gasteiger partial charge in [-0.15, -0.1) is 0 Å². The second-order valence-electron chi connectivity index (χ2n) is 9.12. The molecule has 0 atom stereocenters. The normalized spacial score (nSPS) is 17.4. The van der Waals surface area contributed by atoms with Crippen LogP contribution >= 0.6 is 11.6 Å². The summed E-state index contributed by atoms with van der Waals surface area (Å²) in [6.07, 6.45) is 7.72. The lowest BCUT2D eigenvalue weighted by molar-refractivity contribution is 0.0501. The van der Waals surface area contributed by atoms with Crippen molar-refractivity contribution >= 4 is 29.1 Å². The van der Waals surface area contributed by atoms with Gasteiger partial charge < -0.3 is 4.90 Å². The summed E-state index contributed by atoms with van der Waals surface area (Å²) < 4.78 is 1.63. The van der Waals surface area contributed by atoms with Crippen LogP contribution in [0.4, 0.5) is 5.69 Å². The van der Waals surface area contributed by atoms with Crippen LogP contribution < -0.4 is 4.90 Å². The summed E-state index contributed by atoms with van der Waals surface area (Å²) >= 11 is 6.20. The number of likely N-dealkylation sites (tertiary alicyclic amines) is 1. The zero-order valence-electron chi connectivity index (χ0n) is 18.2. The van der Waals surface area contributed by atoms with Gasteiger partial charge in [0, 0.05) is 43.1 Å². The molecule has 5 rings (SSSR count). The van der Waals surface area contributed by atoms with Crippen LogP contribution in [0.5, 0.6) is 0 Å². The topological polar surface area (TPSA) is 71.3 Å². The van der Waals surface area contributed by atoms with Gasteiger partial charge in [-0.25, -0.2) is 0 Å². The molecule has 0 bridgehead atoms. The molecule has 7 nitrogen and oxygen atoms in total. The van der Waals surface area contributed by atoms with Gasteiger partial charge in [0.25, 0.3) is 11.8 Å². The van der Waals surface area contributed by atoms with Crippen LogP contribution in [0.15, 0.2) is 49.1 Å². The first-order chi connectivity index (χ1) is 15.2. The maximum atomic E-state index is 13.2. The van der Waals surface area contributed by atoms with Crippen LogP contribution in [0, 0.1) is 5.92 Å². The largest absolute Gasteiger partial charge is 0.338 e. The first-order valence-corrected chi connectivity index (χ1v) is 11.0. The summed E-state index contributed by atoms with van der Waals surface area (Å²) in [7, 11) is 1.80. The van der Waals surface area contributed by atoms with Gasteiger partial charge in [0.1, 0.15) is 0 Å². The molecule has 4 heterocycles. The van der Waals surface area contributed by atoms with Crippen LogP contribution in [-0.4, -0.2) is 44.6 Å². The highest BCUT2D eigenvalue weighted by Crippen LogP contribution is 2.42. The minimum absolute atomic E-state index is 0.0158. The lowest BCUT2D eigenvalue weighted by atomic mass is 9.91. The molecule has 1 aromatic carbocycles. The van der Waals surface area contributed by atoms with Gasteiger partial charge in [-0.3, -0.25) is 24.2 Å². The quantitative estimate of drug-likeness (QED) is 0.609. The Kier molecular flexibility index (Phi) is 4.82. The summed E-state index contributed by atoms with van der Waals surface area (Å²) in [4.78, 5) is 33.7. The average Bonchev–Trinajstić information content (AvgIpc) is 3.23. The van der Waals surface area contributed by atoms with Gasteiger partial charge in [0.2, 0.25) is 0 Å². The molecule has 1 fully saturated rings. The van der Waals surface area contributed by atoms with Crippen molar-refractivity contribution in [1.29, 1.82) is 0 Å². The third kappa shape index (κ3) is 3.37. The predicted octanol–water partition coefficient (Wildman–Crippen LogP) is 3.68. The van der Waals surface area contributed by atoms with Gasteiger partial charge in [0.15, 0.2) is 0 Å². The molecule has 1 saturated heterocycles. The fraction of sp³-hybridized carbons (Fsp3) is 0.333. The van der Waals surface area contributed by atoms with Crippen molar-refractivity contribution in [2.24, 2.45) is 13.0 Å². The number of benzene rings is 1. The lowest BCUT2D eigenvalue weighted by Crippen LogP contribution is -2.50. The fourth-order valence-corrected chi connectivity index (χ4v) is 4.94. The third-order valence-corrected chi connectivity index (χ3v) is 6.63. The number of rotatable bonds is 4. The van der Waals surface area contributed by atoms with E-state index in [0.29, 0.717) is 35.2 Å². The molecule has 0 radical (unpaired) electrons. The third-order valence-electron chi connectivity index (χ3n) is 6.39. The molecule has 0 unspecified atom stereocenters. The minimum Gasteiger partial charge on any atom is -0.338 e. The average molecular weight is 450 g/mol. The number of amides is 2. The standard InChI is InChI=1S/C24H24ClN5O2/c1-24(2)21-8-18(25)4-5-20(21)23(32)30(24)19-7-15(9-26-11-19)6-16-12-29(13-16)22(31)17-10-27-28(3)14-17/h4-5,7-11,14,16H,6,12-13H2,1-3H3. The zero-order valence-corrected chi connectivity index (χ0v) is 19.0. The van der Waals surface area contributed by atoms with Gasteiger partial charge >= 0.3 is 0 Å². The molecule has 2 amide bonds. The van der Waals surface area contributed by atoms with Gasteiger partial charge in [-0.05, 0) is 61.6 Å².